The third-order valence-electron chi connectivity index (χ3n) is 4.29. The highest BCUT2D eigenvalue weighted by Gasteiger charge is 2.14. The van der Waals surface area contributed by atoms with Crippen LogP contribution in [0.1, 0.15) is 16.1 Å². The molecule has 0 unspecified atom stereocenters. The van der Waals surface area contributed by atoms with E-state index < -0.39 is 5.76 Å². The van der Waals surface area contributed by atoms with Crippen molar-refractivity contribution in [3.05, 3.63) is 69.9 Å². The Hall–Kier alpha value is -3.72. The zero-order chi connectivity index (χ0) is 19.3. The van der Waals surface area contributed by atoms with Crippen molar-refractivity contribution in [1.29, 1.82) is 0 Å². The monoisotopic (exact) mass is 391 g/mol. The summed E-state index contributed by atoms with van der Waals surface area (Å²) >= 11 is 1.31. The van der Waals surface area contributed by atoms with Crippen LogP contribution in [0, 0.1) is 6.92 Å². The van der Waals surface area contributed by atoms with Gasteiger partial charge < -0.3 is 8.82 Å². The minimum absolute atomic E-state index is 0.317. The highest BCUT2D eigenvalue weighted by molar-refractivity contribution is 7.14. The molecule has 0 aliphatic carbocycles. The van der Waals surface area contributed by atoms with E-state index in [2.05, 4.69) is 20.3 Å². The van der Waals surface area contributed by atoms with Gasteiger partial charge in [0, 0.05) is 23.3 Å². The van der Waals surface area contributed by atoms with E-state index >= 15 is 0 Å². The number of amides is 1. The fourth-order valence-electron chi connectivity index (χ4n) is 2.92. The van der Waals surface area contributed by atoms with E-state index in [0.29, 0.717) is 33.3 Å². The molecule has 9 heteroatoms. The van der Waals surface area contributed by atoms with E-state index in [1.54, 1.807) is 22.7 Å². The van der Waals surface area contributed by atoms with E-state index in [0.717, 1.165) is 11.1 Å². The molecule has 0 saturated carbocycles. The second kappa shape index (κ2) is 6.17. The molecular weight excluding hydrogens is 378 g/mol. The van der Waals surface area contributed by atoms with Gasteiger partial charge in [0.15, 0.2) is 10.7 Å². The van der Waals surface area contributed by atoms with Gasteiger partial charge in [0.25, 0.3) is 5.91 Å². The number of anilines is 1. The zero-order valence-electron chi connectivity index (χ0n) is 14.6. The number of H-pyrrole nitrogens is 1. The van der Waals surface area contributed by atoms with Gasteiger partial charge in [-0.2, -0.15) is 0 Å². The maximum absolute atomic E-state index is 12.5. The van der Waals surface area contributed by atoms with Gasteiger partial charge in [-0.1, -0.05) is 6.07 Å². The normalized spacial score (nSPS) is 11.3. The van der Waals surface area contributed by atoms with Crippen molar-refractivity contribution >= 4 is 39.1 Å². The maximum Gasteiger partial charge on any atom is 0.417 e. The lowest BCUT2D eigenvalue weighted by molar-refractivity contribution is 0.102. The number of aromatic amines is 1. The Kier molecular flexibility index (Phi) is 3.63. The molecule has 5 rings (SSSR count). The van der Waals surface area contributed by atoms with E-state index in [4.69, 9.17) is 4.42 Å². The van der Waals surface area contributed by atoms with Crippen molar-refractivity contribution in [2.24, 2.45) is 0 Å². The third kappa shape index (κ3) is 2.87. The standard InChI is InChI=1S/C19H13N5O3S/c1-10-4-5-24-8-13(20-16(24)6-10)17(25)23-18-21-14(9-28-18)11-2-3-12-15(7-11)27-19(26)22-12/h2-9H,1H3,(H,22,26)(H,21,23,25). The molecule has 4 aromatic heterocycles. The first-order chi connectivity index (χ1) is 13.5. The summed E-state index contributed by atoms with van der Waals surface area (Å²) in [5, 5.41) is 5.07. The van der Waals surface area contributed by atoms with Crippen LogP contribution in [-0.4, -0.2) is 25.3 Å². The molecule has 138 valence electrons. The summed E-state index contributed by atoms with van der Waals surface area (Å²) in [6, 6.07) is 9.18. The van der Waals surface area contributed by atoms with Crippen LogP contribution in [0.5, 0.6) is 0 Å². The average molecular weight is 391 g/mol. The molecule has 1 amide bonds. The Labute approximate surface area is 161 Å². The number of nitrogens with one attached hydrogen (secondary N) is 2. The molecule has 0 atom stereocenters. The van der Waals surface area contributed by atoms with Crippen molar-refractivity contribution in [2.75, 3.05) is 5.32 Å². The number of imidazole rings is 1. The smallest absolute Gasteiger partial charge is 0.408 e. The topological polar surface area (TPSA) is 105 Å². The number of hydrogen-bond donors (Lipinski definition) is 2. The van der Waals surface area contributed by atoms with Gasteiger partial charge in [-0.15, -0.1) is 11.3 Å². The van der Waals surface area contributed by atoms with Crippen LogP contribution in [0.2, 0.25) is 0 Å². The fourth-order valence-corrected chi connectivity index (χ4v) is 3.64. The number of nitrogens with zero attached hydrogens (tertiary/aromatic N) is 3. The second-order valence-corrected chi connectivity index (χ2v) is 7.17. The number of carbonyl (C=O) groups is 1. The third-order valence-corrected chi connectivity index (χ3v) is 5.05. The number of oxazole rings is 1. The van der Waals surface area contributed by atoms with Gasteiger partial charge in [-0.05, 0) is 36.8 Å². The van der Waals surface area contributed by atoms with Gasteiger partial charge in [-0.3, -0.25) is 15.1 Å². The number of aryl methyl sites for hydroxylation is 1. The van der Waals surface area contributed by atoms with Crippen LogP contribution >= 0.6 is 11.3 Å². The molecule has 1 aromatic carbocycles. The van der Waals surface area contributed by atoms with Gasteiger partial charge in [0.1, 0.15) is 11.3 Å². The predicted molar refractivity (Wildman–Crippen MR) is 106 cm³/mol. The van der Waals surface area contributed by atoms with Gasteiger partial charge >= 0.3 is 5.76 Å². The maximum atomic E-state index is 12.5. The first-order valence-corrected chi connectivity index (χ1v) is 9.29. The minimum atomic E-state index is -0.499. The Morgan fingerprint density at radius 1 is 1.25 bits per heavy atom. The number of benzene rings is 1. The number of aromatic nitrogens is 4. The molecule has 2 N–H and O–H groups in total. The van der Waals surface area contributed by atoms with Crippen LogP contribution in [0.15, 0.2) is 57.3 Å². The van der Waals surface area contributed by atoms with Crippen LogP contribution in [-0.2, 0) is 0 Å². The van der Waals surface area contributed by atoms with Crippen molar-refractivity contribution in [3.63, 3.8) is 0 Å². The Morgan fingerprint density at radius 2 is 2.14 bits per heavy atom. The zero-order valence-corrected chi connectivity index (χ0v) is 15.4. The Balaban J connectivity index is 1.40. The van der Waals surface area contributed by atoms with Gasteiger partial charge in [0.05, 0.1) is 11.2 Å². The lowest BCUT2D eigenvalue weighted by Gasteiger charge is -1.98. The summed E-state index contributed by atoms with van der Waals surface area (Å²) in [7, 11) is 0. The largest absolute Gasteiger partial charge is 0.417 e. The summed E-state index contributed by atoms with van der Waals surface area (Å²) < 4.78 is 6.88. The molecule has 0 saturated heterocycles. The highest BCUT2D eigenvalue weighted by Crippen LogP contribution is 2.27. The highest BCUT2D eigenvalue weighted by atomic mass is 32.1. The average Bonchev–Trinajstić information content (AvgIpc) is 3.37. The van der Waals surface area contributed by atoms with Crippen LogP contribution in [0.25, 0.3) is 28.0 Å². The number of thiazole rings is 1. The first kappa shape index (κ1) is 16.5. The molecule has 8 nitrogen and oxygen atoms in total. The lowest BCUT2D eigenvalue weighted by Crippen LogP contribution is -2.12. The predicted octanol–water partition coefficient (Wildman–Crippen LogP) is 3.45. The summed E-state index contributed by atoms with van der Waals surface area (Å²) in [5.74, 6) is -0.824. The van der Waals surface area contributed by atoms with Crippen molar-refractivity contribution in [3.8, 4) is 11.3 Å². The second-order valence-electron chi connectivity index (χ2n) is 6.31. The summed E-state index contributed by atoms with van der Waals surface area (Å²) in [6.07, 6.45) is 3.55. The molecule has 4 heterocycles. The van der Waals surface area contributed by atoms with Crippen LogP contribution in [0.4, 0.5) is 5.13 Å². The molecule has 0 spiro atoms. The summed E-state index contributed by atoms with van der Waals surface area (Å²) in [5.41, 5.74) is 4.65. The van der Waals surface area contributed by atoms with E-state index in [1.165, 1.54) is 11.3 Å². The van der Waals surface area contributed by atoms with Crippen LogP contribution < -0.4 is 11.1 Å². The number of rotatable bonds is 3. The van der Waals surface area contributed by atoms with E-state index in [1.807, 2.05) is 36.7 Å². The molecule has 0 aliphatic heterocycles. The van der Waals surface area contributed by atoms with Gasteiger partial charge in [-0.25, -0.2) is 14.8 Å². The van der Waals surface area contributed by atoms with Crippen molar-refractivity contribution in [2.45, 2.75) is 6.92 Å². The number of carbonyl (C=O) groups excluding carboxylic acids is 1. The summed E-state index contributed by atoms with van der Waals surface area (Å²) in [4.78, 5) is 35.2. The van der Waals surface area contributed by atoms with Crippen LogP contribution in [0.3, 0.4) is 0 Å². The van der Waals surface area contributed by atoms with E-state index in [9.17, 15) is 9.59 Å². The first-order valence-electron chi connectivity index (χ1n) is 8.41. The Morgan fingerprint density at radius 3 is 3.04 bits per heavy atom. The molecule has 0 bridgehead atoms. The van der Waals surface area contributed by atoms with Crippen molar-refractivity contribution in [1.82, 2.24) is 19.4 Å². The molecular formula is C19H13N5O3S. The lowest BCUT2D eigenvalue weighted by atomic mass is 10.1. The quantitative estimate of drug-likeness (QED) is 0.490. The molecule has 0 fully saturated rings. The Bertz CT molecular complexity index is 1410. The molecule has 0 aliphatic rings. The SMILES string of the molecule is Cc1ccn2cc(C(=O)Nc3nc(-c4ccc5[nH]c(=O)oc5c4)cs3)nc2c1. The fraction of sp³-hybridized carbons (Fsp3) is 0.0526. The number of hydrogen-bond acceptors (Lipinski definition) is 6. The van der Waals surface area contributed by atoms with Gasteiger partial charge in [0.2, 0.25) is 0 Å². The number of pyridine rings is 1. The minimum Gasteiger partial charge on any atom is -0.408 e. The molecule has 28 heavy (non-hydrogen) atoms. The van der Waals surface area contributed by atoms with Crippen molar-refractivity contribution < 1.29 is 9.21 Å². The summed E-state index contributed by atoms with van der Waals surface area (Å²) in [6.45, 7) is 1.97. The number of fused-ring (bicyclic) bond motifs is 2. The molecule has 0 radical (unpaired) electrons. The molecule has 5 aromatic rings. The van der Waals surface area contributed by atoms with E-state index in [-0.39, 0.29) is 5.91 Å².